The Morgan fingerprint density at radius 2 is 2.14 bits per heavy atom. The zero-order valence-electron chi connectivity index (χ0n) is 8.15. The van der Waals surface area contributed by atoms with Crippen LogP contribution in [0.25, 0.3) is 0 Å². The number of nitrogens with two attached hydrogens (primary N) is 1. The molecule has 14 heavy (non-hydrogen) atoms. The highest BCUT2D eigenvalue weighted by Crippen LogP contribution is 2.39. The van der Waals surface area contributed by atoms with Gasteiger partial charge in [-0.2, -0.15) is 4.98 Å². The van der Waals surface area contributed by atoms with Crippen molar-refractivity contribution in [2.45, 2.75) is 38.1 Å². The first kappa shape index (κ1) is 8.41. The van der Waals surface area contributed by atoms with Crippen LogP contribution in [0, 0.1) is 11.8 Å². The van der Waals surface area contributed by atoms with Crippen LogP contribution in [-0.2, 0) is 6.42 Å². The molecule has 0 radical (unpaired) electrons. The monoisotopic (exact) mass is 193 g/mol. The molecule has 3 rings (SSSR count). The summed E-state index contributed by atoms with van der Waals surface area (Å²) in [5.74, 6) is 2.88. The molecule has 0 bridgehead atoms. The van der Waals surface area contributed by atoms with Gasteiger partial charge in [-0.05, 0) is 37.5 Å². The van der Waals surface area contributed by atoms with E-state index < -0.39 is 0 Å². The van der Waals surface area contributed by atoms with Crippen LogP contribution in [-0.4, -0.2) is 10.1 Å². The van der Waals surface area contributed by atoms with Gasteiger partial charge >= 0.3 is 0 Å². The lowest BCUT2D eigenvalue weighted by Crippen LogP contribution is -2.12. The zero-order valence-corrected chi connectivity index (χ0v) is 8.15. The third-order valence-electron chi connectivity index (χ3n) is 3.07. The molecule has 4 heteroatoms. The molecule has 0 aromatic carbocycles. The molecule has 1 aromatic heterocycles. The lowest BCUT2D eigenvalue weighted by Gasteiger charge is -2.01. The predicted molar refractivity (Wildman–Crippen MR) is 50.4 cm³/mol. The number of hydrogen-bond acceptors (Lipinski definition) is 4. The molecular formula is C10H15N3O. The van der Waals surface area contributed by atoms with E-state index in [1.807, 2.05) is 0 Å². The van der Waals surface area contributed by atoms with Crippen LogP contribution in [0.4, 0.5) is 0 Å². The van der Waals surface area contributed by atoms with Crippen molar-refractivity contribution >= 4 is 0 Å². The highest BCUT2D eigenvalue weighted by molar-refractivity contribution is 4.99. The lowest BCUT2D eigenvalue weighted by molar-refractivity contribution is 0.339. The van der Waals surface area contributed by atoms with Gasteiger partial charge in [-0.15, -0.1) is 0 Å². The smallest absolute Gasteiger partial charge is 0.243 e. The van der Waals surface area contributed by atoms with Gasteiger partial charge in [0, 0.05) is 6.42 Å². The van der Waals surface area contributed by atoms with Gasteiger partial charge < -0.3 is 10.3 Å². The van der Waals surface area contributed by atoms with Crippen molar-refractivity contribution in [2.24, 2.45) is 17.6 Å². The van der Waals surface area contributed by atoms with Crippen LogP contribution in [0.15, 0.2) is 4.52 Å². The Kier molecular flexibility index (Phi) is 1.83. The molecule has 0 amide bonds. The molecule has 0 saturated heterocycles. The van der Waals surface area contributed by atoms with Crippen LogP contribution < -0.4 is 5.73 Å². The van der Waals surface area contributed by atoms with Crippen LogP contribution in [0.1, 0.15) is 43.4 Å². The summed E-state index contributed by atoms with van der Waals surface area (Å²) >= 11 is 0. The van der Waals surface area contributed by atoms with Gasteiger partial charge in [0.25, 0.3) is 0 Å². The van der Waals surface area contributed by atoms with Crippen LogP contribution >= 0.6 is 0 Å². The second-order valence-electron chi connectivity index (χ2n) is 4.56. The van der Waals surface area contributed by atoms with Gasteiger partial charge in [-0.1, -0.05) is 5.16 Å². The maximum Gasteiger partial charge on any atom is 0.243 e. The number of aromatic nitrogens is 2. The molecule has 4 nitrogen and oxygen atoms in total. The molecule has 1 aromatic rings. The van der Waals surface area contributed by atoms with Crippen LogP contribution in [0.5, 0.6) is 0 Å². The SMILES string of the molecule is NC(c1nc(CC2CC2)no1)C1CC1. The molecule has 0 aliphatic heterocycles. The van der Waals surface area contributed by atoms with E-state index in [9.17, 15) is 0 Å². The van der Waals surface area contributed by atoms with Crippen molar-refractivity contribution in [1.29, 1.82) is 0 Å². The van der Waals surface area contributed by atoms with E-state index >= 15 is 0 Å². The van der Waals surface area contributed by atoms with E-state index in [4.69, 9.17) is 10.3 Å². The van der Waals surface area contributed by atoms with E-state index in [0.717, 1.165) is 18.2 Å². The molecule has 76 valence electrons. The zero-order chi connectivity index (χ0) is 9.54. The molecule has 2 aliphatic carbocycles. The van der Waals surface area contributed by atoms with E-state index in [-0.39, 0.29) is 6.04 Å². The fourth-order valence-corrected chi connectivity index (χ4v) is 1.72. The fourth-order valence-electron chi connectivity index (χ4n) is 1.72. The molecule has 2 fully saturated rings. The van der Waals surface area contributed by atoms with Gasteiger partial charge in [0.1, 0.15) is 0 Å². The third kappa shape index (κ3) is 1.66. The average Bonchev–Trinajstić information content (AvgIpc) is 3.04. The largest absolute Gasteiger partial charge is 0.338 e. The molecular weight excluding hydrogens is 178 g/mol. The molecule has 2 N–H and O–H groups in total. The molecule has 1 atom stereocenters. The molecule has 1 unspecified atom stereocenters. The lowest BCUT2D eigenvalue weighted by atomic mass is 10.2. The van der Waals surface area contributed by atoms with Gasteiger partial charge in [0.05, 0.1) is 6.04 Å². The minimum Gasteiger partial charge on any atom is -0.338 e. The van der Waals surface area contributed by atoms with Gasteiger partial charge in [-0.3, -0.25) is 0 Å². The van der Waals surface area contributed by atoms with Gasteiger partial charge in [0.2, 0.25) is 5.89 Å². The maximum atomic E-state index is 5.96. The van der Waals surface area contributed by atoms with E-state index in [1.54, 1.807) is 0 Å². The summed E-state index contributed by atoms with van der Waals surface area (Å²) in [6.07, 6.45) is 6.03. The average molecular weight is 193 g/mol. The minimum atomic E-state index is -0.0181. The molecule has 0 spiro atoms. The van der Waals surface area contributed by atoms with E-state index in [1.165, 1.54) is 25.7 Å². The second kappa shape index (κ2) is 3.05. The van der Waals surface area contributed by atoms with E-state index in [0.29, 0.717) is 11.8 Å². The summed E-state index contributed by atoms with van der Waals surface area (Å²) < 4.78 is 5.17. The van der Waals surface area contributed by atoms with E-state index in [2.05, 4.69) is 10.1 Å². The Labute approximate surface area is 82.9 Å². The Hall–Kier alpha value is -0.900. The Morgan fingerprint density at radius 3 is 2.79 bits per heavy atom. The Morgan fingerprint density at radius 1 is 1.36 bits per heavy atom. The maximum absolute atomic E-state index is 5.96. The first-order chi connectivity index (χ1) is 6.83. The summed E-state index contributed by atoms with van der Waals surface area (Å²) in [6.45, 7) is 0. The standard InChI is InChI=1S/C10H15N3O/c11-9(7-3-4-7)10-12-8(13-14-10)5-6-1-2-6/h6-7,9H,1-5,11H2. The summed E-state index contributed by atoms with van der Waals surface area (Å²) in [6, 6.07) is -0.0181. The normalized spacial score (nSPS) is 23.8. The first-order valence-corrected chi connectivity index (χ1v) is 5.41. The van der Waals surface area contributed by atoms with Crippen molar-refractivity contribution in [1.82, 2.24) is 10.1 Å². The topological polar surface area (TPSA) is 64.9 Å². The van der Waals surface area contributed by atoms with Crippen molar-refractivity contribution in [2.75, 3.05) is 0 Å². The summed E-state index contributed by atoms with van der Waals surface area (Å²) in [5.41, 5.74) is 5.96. The van der Waals surface area contributed by atoms with Crippen molar-refractivity contribution in [3.05, 3.63) is 11.7 Å². The summed E-state index contributed by atoms with van der Waals surface area (Å²) in [5, 5.41) is 3.96. The highest BCUT2D eigenvalue weighted by Gasteiger charge is 2.33. The Balaban J connectivity index is 1.68. The number of nitrogens with zero attached hydrogens (tertiary/aromatic N) is 2. The van der Waals surface area contributed by atoms with Gasteiger partial charge in [0.15, 0.2) is 5.82 Å². The highest BCUT2D eigenvalue weighted by atomic mass is 16.5. The number of rotatable bonds is 4. The summed E-state index contributed by atoms with van der Waals surface area (Å²) in [7, 11) is 0. The second-order valence-corrected chi connectivity index (χ2v) is 4.56. The number of hydrogen-bond donors (Lipinski definition) is 1. The molecule has 2 saturated carbocycles. The van der Waals surface area contributed by atoms with Crippen LogP contribution in [0.2, 0.25) is 0 Å². The van der Waals surface area contributed by atoms with Gasteiger partial charge in [-0.25, -0.2) is 0 Å². The summed E-state index contributed by atoms with van der Waals surface area (Å²) in [4.78, 5) is 4.35. The third-order valence-corrected chi connectivity index (χ3v) is 3.07. The van der Waals surface area contributed by atoms with Crippen molar-refractivity contribution < 1.29 is 4.52 Å². The van der Waals surface area contributed by atoms with Crippen LogP contribution in [0.3, 0.4) is 0 Å². The Bertz CT molecular complexity index is 328. The molecule has 2 aliphatic rings. The van der Waals surface area contributed by atoms with Crippen molar-refractivity contribution in [3.8, 4) is 0 Å². The fraction of sp³-hybridized carbons (Fsp3) is 0.800. The van der Waals surface area contributed by atoms with Crippen molar-refractivity contribution in [3.63, 3.8) is 0 Å². The molecule has 1 heterocycles. The quantitative estimate of drug-likeness (QED) is 0.785. The first-order valence-electron chi connectivity index (χ1n) is 5.41. The minimum absolute atomic E-state index is 0.0181. The predicted octanol–water partition coefficient (Wildman–Crippen LogP) is 1.43.